The Morgan fingerprint density at radius 2 is 0.250 bits per heavy atom. The zero-order valence-corrected chi connectivity index (χ0v) is 10.9. The van der Waals surface area contributed by atoms with E-state index in [0.717, 1.165) is 0 Å². The first-order valence-corrected chi connectivity index (χ1v) is 0. The second kappa shape index (κ2) is 85.1. The Hall–Kier alpha value is 3.17. The standard InChI is InChI=1S/6ClH.2Ti/h6*1H;;/q;;;;;;2*+3/p-6. The Labute approximate surface area is 116 Å². The minimum Gasteiger partial charge on any atom is -1.00 e. The van der Waals surface area contributed by atoms with Gasteiger partial charge < -0.3 is 74.4 Å². The van der Waals surface area contributed by atoms with Crippen molar-refractivity contribution >= 4 is 0 Å². The average Bonchev–Trinajstić information content (AvgIpc) is 0. The minimum absolute atomic E-state index is 0. The van der Waals surface area contributed by atoms with E-state index in [1.807, 2.05) is 0 Å². The second-order valence-electron chi connectivity index (χ2n) is 0. The van der Waals surface area contributed by atoms with Gasteiger partial charge in [0.1, 0.15) is 0 Å². The summed E-state index contributed by atoms with van der Waals surface area (Å²) in [4.78, 5) is 0. The summed E-state index contributed by atoms with van der Waals surface area (Å²) in [5, 5.41) is 0. The third-order valence-electron chi connectivity index (χ3n) is 0. The van der Waals surface area contributed by atoms with Crippen LogP contribution in [0.5, 0.6) is 0 Å². The first kappa shape index (κ1) is 115. The van der Waals surface area contributed by atoms with Crippen molar-refractivity contribution in [3.05, 3.63) is 0 Å². The third kappa shape index (κ3) is 60.9. The normalized spacial score (nSPS) is 0. The van der Waals surface area contributed by atoms with Crippen molar-refractivity contribution in [1.29, 1.82) is 0 Å². The molecule has 50 valence electrons. The zero-order chi connectivity index (χ0) is 0. The summed E-state index contributed by atoms with van der Waals surface area (Å²) in [5.74, 6) is 0. The van der Waals surface area contributed by atoms with Gasteiger partial charge in [0.15, 0.2) is 0 Å². The van der Waals surface area contributed by atoms with Gasteiger partial charge in [0.2, 0.25) is 0 Å². The number of rotatable bonds is 0. The van der Waals surface area contributed by atoms with Gasteiger partial charge in [-0.05, 0) is 0 Å². The van der Waals surface area contributed by atoms with E-state index in [9.17, 15) is 0 Å². The maximum absolute atomic E-state index is 0. The van der Waals surface area contributed by atoms with Gasteiger partial charge in [-0.2, -0.15) is 0 Å². The average molecular weight is 308 g/mol. The van der Waals surface area contributed by atoms with Crippen LogP contribution >= 0.6 is 0 Å². The molecule has 0 rings (SSSR count). The fourth-order valence-electron chi connectivity index (χ4n) is 0. The van der Waals surface area contributed by atoms with Gasteiger partial charge >= 0.3 is 43.4 Å². The maximum Gasteiger partial charge on any atom is 3.00 e. The van der Waals surface area contributed by atoms with Crippen molar-refractivity contribution in [2.75, 3.05) is 0 Å². The SMILES string of the molecule is [Cl-].[Cl-].[Cl-].[Cl-].[Cl-].[Cl-].[Ti+3].[Ti+3]. The van der Waals surface area contributed by atoms with Gasteiger partial charge in [-0.25, -0.2) is 0 Å². The monoisotopic (exact) mass is 306 g/mol. The molecule has 0 aromatic rings. The molecule has 0 aliphatic rings. The van der Waals surface area contributed by atoms with Crippen LogP contribution in [0.4, 0.5) is 0 Å². The van der Waals surface area contributed by atoms with Crippen LogP contribution < -0.4 is 74.4 Å². The van der Waals surface area contributed by atoms with Crippen LogP contribution in [0.1, 0.15) is 0 Å². The molecule has 0 bridgehead atoms. The summed E-state index contributed by atoms with van der Waals surface area (Å²) in [5.41, 5.74) is 0. The molecular formula is Cl6Ti2. The molecule has 0 fully saturated rings. The summed E-state index contributed by atoms with van der Waals surface area (Å²) in [6.07, 6.45) is 0. The van der Waals surface area contributed by atoms with Crippen molar-refractivity contribution in [3.63, 3.8) is 0 Å². The molecule has 0 N–H and O–H groups in total. The molecule has 0 saturated carbocycles. The Bertz CT molecular complexity index is 6.49. The van der Waals surface area contributed by atoms with Crippen LogP contribution in [-0.2, 0) is 43.4 Å². The maximum atomic E-state index is 0. The molecule has 8 heavy (non-hydrogen) atoms. The third-order valence-corrected chi connectivity index (χ3v) is 0. The van der Waals surface area contributed by atoms with Gasteiger partial charge in [-0.3, -0.25) is 0 Å². The van der Waals surface area contributed by atoms with E-state index < -0.39 is 0 Å². The molecule has 0 nitrogen and oxygen atoms in total. The van der Waals surface area contributed by atoms with E-state index in [-0.39, 0.29) is 118 Å². The molecule has 0 aliphatic heterocycles. The van der Waals surface area contributed by atoms with Crippen LogP contribution in [0.15, 0.2) is 0 Å². The molecule has 0 saturated heterocycles. The first-order valence-electron chi connectivity index (χ1n) is 0. The molecule has 0 unspecified atom stereocenters. The van der Waals surface area contributed by atoms with Crippen molar-refractivity contribution in [1.82, 2.24) is 0 Å². The van der Waals surface area contributed by atoms with E-state index in [2.05, 4.69) is 0 Å². The predicted molar refractivity (Wildman–Crippen MR) is 0 cm³/mol. The molecule has 2 radical (unpaired) electrons. The van der Waals surface area contributed by atoms with Crippen LogP contribution in [0.25, 0.3) is 0 Å². The van der Waals surface area contributed by atoms with Crippen LogP contribution in [0.2, 0.25) is 0 Å². The van der Waals surface area contributed by atoms with Crippen molar-refractivity contribution in [2.45, 2.75) is 0 Å². The second-order valence-corrected chi connectivity index (χ2v) is 0. The molecule has 0 spiro atoms. The quantitative estimate of drug-likeness (QED) is 0.390. The molecule has 0 aromatic heterocycles. The smallest absolute Gasteiger partial charge is 1.00 e. The van der Waals surface area contributed by atoms with E-state index in [4.69, 9.17) is 0 Å². The first-order chi connectivity index (χ1) is 0. The molecule has 0 heterocycles. The largest absolute Gasteiger partial charge is 3.00 e. The fourth-order valence-corrected chi connectivity index (χ4v) is 0. The fraction of sp³-hybridized carbons (Fsp3) is 0. The summed E-state index contributed by atoms with van der Waals surface area (Å²) in [7, 11) is 0. The number of halogens is 6. The number of hydrogen-bond acceptors (Lipinski definition) is 0. The van der Waals surface area contributed by atoms with Gasteiger partial charge in [-0.1, -0.05) is 0 Å². The van der Waals surface area contributed by atoms with E-state index in [1.165, 1.54) is 0 Å². The Morgan fingerprint density at radius 1 is 0.250 bits per heavy atom. The molecule has 8 heteroatoms. The van der Waals surface area contributed by atoms with Crippen LogP contribution in [0, 0.1) is 0 Å². The van der Waals surface area contributed by atoms with Crippen molar-refractivity contribution in [2.24, 2.45) is 0 Å². The molecule has 0 aromatic carbocycles. The summed E-state index contributed by atoms with van der Waals surface area (Å²) < 4.78 is 0. The summed E-state index contributed by atoms with van der Waals surface area (Å²) in [6, 6.07) is 0. The molecule has 0 atom stereocenters. The van der Waals surface area contributed by atoms with Crippen molar-refractivity contribution in [3.8, 4) is 0 Å². The topological polar surface area (TPSA) is 0 Å². The number of hydrogen-bond donors (Lipinski definition) is 0. The molecule has 0 amide bonds. The van der Waals surface area contributed by atoms with Gasteiger partial charge in [-0.15, -0.1) is 0 Å². The molecule has 0 aliphatic carbocycles. The van der Waals surface area contributed by atoms with Gasteiger partial charge in [0.25, 0.3) is 0 Å². The minimum atomic E-state index is 0. The van der Waals surface area contributed by atoms with Gasteiger partial charge in [0.05, 0.1) is 0 Å². The zero-order valence-electron chi connectivity index (χ0n) is 3.27. The van der Waals surface area contributed by atoms with E-state index >= 15 is 0 Å². The summed E-state index contributed by atoms with van der Waals surface area (Å²) in [6.45, 7) is 0. The Morgan fingerprint density at radius 3 is 0.250 bits per heavy atom. The Kier molecular flexibility index (Phi) is 1220. The van der Waals surface area contributed by atoms with Gasteiger partial charge in [0, 0.05) is 0 Å². The van der Waals surface area contributed by atoms with Crippen LogP contribution in [-0.4, -0.2) is 0 Å². The molecular weight excluding hydrogens is 308 g/mol. The van der Waals surface area contributed by atoms with E-state index in [1.54, 1.807) is 0 Å². The Balaban J connectivity index is 0. The predicted octanol–water partition coefficient (Wildman–Crippen LogP) is -18.0. The van der Waals surface area contributed by atoms with Crippen molar-refractivity contribution < 1.29 is 118 Å². The van der Waals surface area contributed by atoms with E-state index in [0.29, 0.717) is 0 Å². The van der Waals surface area contributed by atoms with Crippen LogP contribution in [0.3, 0.4) is 0 Å². The summed E-state index contributed by atoms with van der Waals surface area (Å²) >= 11 is 0.